The van der Waals surface area contributed by atoms with Crippen LogP contribution in [0, 0.1) is 0 Å². The van der Waals surface area contributed by atoms with E-state index in [-0.39, 0.29) is 11.9 Å². The fourth-order valence-corrected chi connectivity index (χ4v) is 4.40. The summed E-state index contributed by atoms with van der Waals surface area (Å²) in [6.07, 6.45) is 2.62. The van der Waals surface area contributed by atoms with Gasteiger partial charge in [0.25, 0.3) is 0 Å². The second-order valence-corrected chi connectivity index (χ2v) is 8.09. The van der Waals surface area contributed by atoms with Crippen LogP contribution in [0.15, 0.2) is 18.2 Å². The fourth-order valence-electron chi connectivity index (χ4n) is 4.40. The molecule has 1 aromatic rings. The zero-order chi connectivity index (χ0) is 20.9. The lowest BCUT2D eigenvalue weighted by molar-refractivity contribution is -0.157. The van der Waals surface area contributed by atoms with Gasteiger partial charge < -0.3 is 19.1 Å². The summed E-state index contributed by atoms with van der Waals surface area (Å²) in [5.41, 5.74) is 1.20. The van der Waals surface area contributed by atoms with E-state index >= 15 is 0 Å². The Morgan fingerprint density at radius 1 is 1.03 bits per heavy atom. The monoisotopic (exact) mass is 417 g/mol. The Morgan fingerprint density at radius 3 is 2.60 bits per heavy atom. The molecule has 2 saturated heterocycles. The largest absolute Gasteiger partial charge is 0.464 e. The summed E-state index contributed by atoms with van der Waals surface area (Å²) in [5.74, 6) is 1.39. The van der Waals surface area contributed by atoms with Gasteiger partial charge in [0.05, 0.1) is 13.2 Å². The predicted molar refractivity (Wildman–Crippen MR) is 110 cm³/mol. The van der Waals surface area contributed by atoms with E-state index < -0.39 is 6.04 Å². The molecule has 1 atom stereocenters. The molecule has 30 heavy (non-hydrogen) atoms. The number of esters is 1. The third kappa shape index (κ3) is 4.87. The topological polar surface area (TPSA) is 71.6 Å². The van der Waals surface area contributed by atoms with Crippen LogP contribution in [0.4, 0.5) is 0 Å². The summed E-state index contributed by atoms with van der Waals surface area (Å²) < 4.78 is 16.0. The number of amides is 1. The van der Waals surface area contributed by atoms with Crippen molar-refractivity contribution in [1.29, 1.82) is 0 Å². The zero-order valence-corrected chi connectivity index (χ0v) is 17.7. The maximum Gasteiger partial charge on any atom is 0.328 e. The third-order valence-corrected chi connectivity index (χ3v) is 6.05. The molecule has 164 valence electrons. The molecule has 0 unspecified atom stereocenters. The fraction of sp³-hybridized carbons (Fsp3) is 0.636. The number of ether oxygens (including phenoxy) is 3. The number of carbonyl (C=O) groups is 2. The third-order valence-electron chi connectivity index (χ3n) is 6.05. The summed E-state index contributed by atoms with van der Waals surface area (Å²) >= 11 is 0. The highest BCUT2D eigenvalue weighted by atomic mass is 16.7. The highest BCUT2D eigenvalue weighted by Gasteiger charge is 2.34. The predicted octanol–water partition coefficient (Wildman–Crippen LogP) is 1.48. The Balaban J connectivity index is 1.26. The molecule has 3 aliphatic rings. The van der Waals surface area contributed by atoms with Gasteiger partial charge in [0.15, 0.2) is 11.5 Å². The van der Waals surface area contributed by atoms with E-state index in [0.29, 0.717) is 32.9 Å². The van der Waals surface area contributed by atoms with Crippen molar-refractivity contribution in [3.05, 3.63) is 23.8 Å². The van der Waals surface area contributed by atoms with Gasteiger partial charge >= 0.3 is 5.97 Å². The van der Waals surface area contributed by atoms with Crippen LogP contribution in [0.3, 0.4) is 0 Å². The minimum atomic E-state index is -0.418. The van der Waals surface area contributed by atoms with Gasteiger partial charge in [0.1, 0.15) is 6.04 Å². The Bertz CT molecular complexity index is 763. The molecule has 0 spiro atoms. The highest BCUT2D eigenvalue weighted by Crippen LogP contribution is 2.32. The number of likely N-dealkylation sites (tertiary alicyclic amines) is 1. The van der Waals surface area contributed by atoms with Crippen LogP contribution < -0.4 is 9.47 Å². The minimum Gasteiger partial charge on any atom is -0.464 e. The van der Waals surface area contributed by atoms with E-state index in [2.05, 4.69) is 15.9 Å². The normalized spacial score (nSPS) is 22.2. The van der Waals surface area contributed by atoms with Crippen molar-refractivity contribution in [3.8, 4) is 11.5 Å². The first-order valence-electron chi connectivity index (χ1n) is 10.9. The maximum absolute atomic E-state index is 12.9. The van der Waals surface area contributed by atoms with Gasteiger partial charge in [-0.2, -0.15) is 0 Å². The van der Waals surface area contributed by atoms with E-state index in [4.69, 9.17) is 14.2 Å². The van der Waals surface area contributed by atoms with Crippen molar-refractivity contribution >= 4 is 11.9 Å². The number of carbonyl (C=O) groups excluding carboxylic acids is 2. The summed E-state index contributed by atoms with van der Waals surface area (Å²) in [5, 5.41) is 0. The molecule has 3 heterocycles. The van der Waals surface area contributed by atoms with Crippen molar-refractivity contribution < 1.29 is 23.8 Å². The SMILES string of the molecule is CCOC(=O)[C@@H]1CCCCN1C(=O)CN1CCN(Cc2ccc3c(c2)OCO3)CC1. The average Bonchev–Trinajstić information content (AvgIpc) is 3.23. The first-order valence-corrected chi connectivity index (χ1v) is 10.9. The van der Waals surface area contributed by atoms with Gasteiger partial charge in [-0.15, -0.1) is 0 Å². The lowest BCUT2D eigenvalue weighted by atomic mass is 10.0. The van der Waals surface area contributed by atoms with Crippen molar-refractivity contribution in [2.45, 2.75) is 38.8 Å². The standard InChI is InChI=1S/C22H31N3O5/c1-2-28-22(27)18-5-3-4-8-25(18)21(26)15-24-11-9-23(10-12-24)14-17-6-7-19-20(13-17)30-16-29-19/h6-7,13,18H,2-5,8-12,14-16H2,1H3/t18-/m0/s1. The molecule has 1 amide bonds. The van der Waals surface area contributed by atoms with E-state index in [0.717, 1.165) is 57.1 Å². The van der Waals surface area contributed by atoms with Crippen LogP contribution in [0.2, 0.25) is 0 Å². The van der Waals surface area contributed by atoms with Gasteiger partial charge in [0, 0.05) is 39.3 Å². The van der Waals surface area contributed by atoms with E-state index in [9.17, 15) is 9.59 Å². The van der Waals surface area contributed by atoms with E-state index in [1.165, 1.54) is 5.56 Å². The Hall–Kier alpha value is -2.32. The Morgan fingerprint density at radius 2 is 1.80 bits per heavy atom. The lowest BCUT2D eigenvalue weighted by Gasteiger charge is -2.38. The number of piperidine rings is 1. The molecule has 0 N–H and O–H groups in total. The number of nitrogens with zero attached hydrogens (tertiary/aromatic N) is 3. The molecular formula is C22H31N3O5. The number of piperazine rings is 1. The molecule has 8 nitrogen and oxygen atoms in total. The average molecular weight is 418 g/mol. The second kappa shape index (κ2) is 9.66. The van der Waals surface area contributed by atoms with Crippen LogP contribution in [-0.4, -0.2) is 85.3 Å². The van der Waals surface area contributed by atoms with Crippen LogP contribution in [0.1, 0.15) is 31.7 Å². The highest BCUT2D eigenvalue weighted by molar-refractivity contribution is 5.85. The van der Waals surface area contributed by atoms with Crippen LogP contribution in [0.5, 0.6) is 11.5 Å². The molecule has 0 aromatic heterocycles. The Labute approximate surface area is 177 Å². The van der Waals surface area contributed by atoms with Gasteiger partial charge in [-0.05, 0) is 43.9 Å². The quantitative estimate of drug-likeness (QED) is 0.649. The molecule has 3 aliphatic heterocycles. The molecule has 4 rings (SSSR count). The summed E-state index contributed by atoms with van der Waals surface area (Å²) in [7, 11) is 0. The number of hydrogen-bond donors (Lipinski definition) is 0. The molecule has 0 aliphatic carbocycles. The number of fused-ring (bicyclic) bond motifs is 1. The van der Waals surface area contributed by atoms with Crippen molar-refractivity contribution in [1.82, 2.24) is 14.7 Å². The van der Waals surface area contributed by atoms with Gasteiger partial charge in [-0.25, -0.2) is 4.79 Å². The molecule has 1 aromatic carbocycles. The second-order valence-electron chi connectivity index (χ2n) is 8.09. The first-order chi connectivity index (χ1) is 14.6. The number of hydrogen-bond acceptors (Lipinski definition) is 7. The van der Waals surface area contributed by atoms with Crippen molar-refractivity contribution in [3.63, 3.8) is 0 Å². The lowest BCUT2D eigenvalue weighted by Crippen LogP contribution is -2.54. The smallest absolute Gasteiger partial charge is 0.328 e. The molecule has 0 saturated carbocycles. The number of rotatable bonds is 6. The Kier molecular flexibility index (Phi) is 6.74. The zero-order valence-electron chi connectivity index (χ0n) is 17.7. The van der Waals surface area contributed by atoms with Crippen molar-refractivity contribution in [2.75, 3.05) is 52.7 Å². The van der Waals surface area contributed by atoms with Crippen LogP contribution in [0.25, 0.3) is 0 Å². The summed E-state index contributed by atoms with van der Waals surface area (Å²) in [6, 6.07) is 5.67. The van der Waals surface area contributed by atoms with Crippen LogP contribution >= 0.6 is 0 Å². The first kappa shape index (κ1) is 20.9. The maximum atomic E-state index is 12.9. The van der Waals surface area contributed by atoms with Gasteiger partial charge in [-0.3, -0.25) is 14.6 Å². The van der Waals surface area contributed by atoms with Crippen LogP contribution in [-0.2, 0) is 20.9 Å². The van der Waals surface area contributed by atoms with Gasteiger partial charge in [0.2, 0.25) is 12.7 Å². The summed E-state index contributed by atoms with van der Waals surface area (Å²) in [6.45, 7) is 7.81. The molecular weight excluding hydrogens is 386 g/mol. The number of benzene rings is 1. The minimum absolute atomic E-state index is 0.0389. The van der Waals surface area contributed by atoms with Crippen molar-refractivity contribution in [2.24, 2.45) is 0 Å². The molecule has 2 fully saturated rings. The molecule has 8 heteroatoms. The summed E-state index contributed by atoms with van der Waals surface area (Å²) in [4.78, 5) is 31.5. The van der Waals surface area contributed by atoms with E-state index in [1.54, 1.807) is 11.8 Å². The molecule has 0 radical (unpaired) electrons. The van der Waals surface area contributed by atoms with Gasteiger partial charge in [-0.1, -0.05) is 6.07 Å². The molecule has 0 bridgehead atoms. The van der Waals surface area contributed by atoms with E-state index in [1.807, 2.05) is 12.1 Å².